The fraction of sp³-hybridized carbons (Fsp3) is 0.222. The van der Waals surface area contributed by atoms with E-state index in [1.54, 1.807) is 7.11 Å². The van der Waals surface area contributed by atoms with E-state index in [0.717, 1.165) is 11.5 Å². The van der Waals surface area contributed by atoms with Gasteiger partial charge in [-0.1, -0.05) is 12.1 Å². The van der Waals surface area contributed by atoms with Crippen LogP contribution in [0.15, 0.2) is 24.3 Å². The third kappa shape index (κ3) is 1.87. The van der Waals surface area contributed by atoms with Crippen LogP contribution in [0.4, 0.5) is 0 Å². The van der Waals surface area contributed by atoms with Gasteiger partial charge in [-0.15, -0.1) is 0 Å². The van der Waals surface area contributed by atoms with Crippen molar-refractivity contribution in [1.82, 2.24) is 0 Å². The van der Waals surface area contributed by atoms with Crippen LogP contribution in [-0.4, -0.2) is 13.7 Å². The topological polar surface area (TPSA) is 18.5 Å². The second-order valence-corrected chi connectivity index (χ2v) is 2.00. The van der Waals surface area contributed by atoms with Crippen molar-refractivity contribution in [3.05, 3.63) is 31.2 Å². The highest BCUT2D eigenvalue weighted by Crippen LogP contribution is 2.25. The summed E-state index contributed by atoms with van der Waals surface area (Å²) >= 11 is 0. The van der Waals surface area contributed by atoms with E-state index in [0.29, 0.717) is 6.61 Å². The molecular weight excluding hydrogens is 140 g/mol. The molecular formula is C9H11O2. The van der Waals surface area contributed by atoms with E-state index in [9.17, 15) is 0 Å². The molecule has 0 saturated carbocycles. The molecule has 0 spiro atoms. The first kappa shape index (κ1) is 7.92. The van der Waals surface area contributed by atoms with Gasteiger partial charge in [-0.3, -0.25) is 0 Å². The van der Waals surface area contributed by atoms with E-state index < -0.39 is 0 Å². The lowest BCUT2D eigenvalue weighted by molar-refractivity contribution is 0.325. The SMILES string of the molecule is [CH2]COc1ccccc1OC. The minimum Gasteiger partial charge on any atom is -0.493 e. The molecule has 0 aliphatic heterocycles. The number of ether oxygens (including phenoxy) is 2. The molecule has 0 heterocycles. The van der Waals surface area contributed by atoms with Gasteiger partial charge in [0.25, 0.3) is 0 Å². The molecule has 0 aliphatic rings. The van der Waals surface area contributed by atoms with Crippen molar-refractivity contribution in [2.24, 2.45) is 0 Å². The zero-order valence-electron chi connectivity index (χ0n) is 6.54. The summed E-state index contributed by atoms with van der Waals surface area (Å²) in [4.78, 5) is 0. The van der Waals surface area contributed by atoms with Crippen molar-refractivity contribution in [2.45, 2.75) is 0 Å². The molecule has 2 heteroatoms. The summed E-state index contributed by atoms with van der Waals surface area (Å²) in [6.45, 7) is 4.00. The van der Waals surface area contributed by atoms with Crippen LogP contribution in [0.25, 0.3) is 0 Å². The number of methoxy groups -OCH3 is 1. The highest BCUT2D eigenvalue weighted by atomic mass is 16.5. The molecule has 0 atom stereocenters. The number of benzene rings is 1. The van der Waals surface area contributed by atoms with Crippen molar-refractivity contribution in [2.75, 3.05) is 13.7 Å². The van der Waals surface area contributed by atoms with Gasteiger partial charge >= 0.3 is 0 Å². The first-order valence-electron chi connectivity index (χ1n) is 3.43. The predicted molar refractivity (Wildman–Crippen MR) is 43.8 cm³/mol. The van der Waals surface area contributed by atoms with Crippen LogP contribution in [0, 0.1) is 6.92 Å². The molecule has 0 aromatic heterocycles. The zero-order valence-corrected chi connectivity index (χ0v) is 6.54. The normalized spacial score (nSPS) is 9.27. The third-order valence-electron chi connectivity index (χ3n) is 1.33. The minimum atomic E-state index is 0.417. The van der Waals surface area contributed by atoms with E-state index in [1.165, 1.54) is 0 Å². The van der Waals surface area contributed by atoms with Crippen molar-refractivity contribution >= 4 is 0 Å². The summed E-state index contributed by atoms with van der Waals surface area (Å²) < 4.78 is 10.2. The molecule has 2 nitrogen and oxygen atoms in total. The number of rotatable bonds is 3. The van der Waals surface area contributed by atoms with Crippen LogP contribution in [0.3, 0.4) is 0 Å². The Morgan fingerprint density at radius 3 is 2.45 bits per heavy atom. The molecule has 0 bridgehead atoms. The summed E-state index contributed by atoms with van der Waals surface area (Å²) in [7, 11) is 1.62. The Bertz CT molecular complexity index is 221. The van der Waals surface area contributed by atoms with Gasteiger partial charge in [0.15, 0.2) is 11.5 Å². The second-order valence-electron chi connectivity index (χ2n) is 2.00. The molecule has 0 amide bonds. The van der Waals surface area contributed by atoms with E-state index in [-0.39, 0.29) is 0 Å². The summed E-state index contributed by atoms with van der Waals surface area (Å²) in [5.74, 6) is 1.49. The standard InChI is InChI=1S/C9H11O2/c1-3-11-9-7-5-4-6-8(9)10-2/h4-7H,1,3H2,2H3. The second kappa shape index (κ2) is 3.86. The van der Waals surface area contributed by atoms with E-state index >= 15 is 0 Å². The molecule has 11 heavy (non-hydrogen) atoms. The molecule has 59 valence electrons. The lowest BCUT2D eigenvalue weighted by Crippen LogP contribution is -1.94. The predicted octanol–water partition coefficient (Wildman–Crippen LogP) is 1.91. The summed E-state index contributed by atoms with van der Waals surface area (Å²) in [5, 5.41) is 0. The Morgan fingerprint density at radius 2 is 1.91 bits per heavy atom. The molecule has 0 saturated heterocycles. The number of hydrogen-bond donors (Lipinski definition) is 0. The van der Waals surface area contributed by atoms with Gasteiger partial charge in [-0.05, 0) is 19.1 Å². The monoisotopic (exact) mass is 151 g/mol. The van der Waals surface area contributed by atoms with Crippen molar-refractivity contribution in [1.29, 1.82) is 0 Å². The van der Waals surface area contributed by atoms with E-state index in [4.69, 9.17) is 9.47 Å². The Morgan fingerprint density at radius 1 is 1.27 bits per heavy atom. The third-order valence-corrected chi connectivity index (χ3v) is 1.33. The van der Waals surface area contributed by atoms with Crippen LogP contribution in [0.5, 0.6) is 11.5 Å². The first-order chi connectivity index (χ1) is 5.38. The lowest BCUT2D eigenvalue weighted by atomic mass is 10.3. The summed E-state index contributed by atoms with van der Waals surface area (Å²) in [6, 6.07) is 7.50. The van der Waals surface area contributed by atoms with Crippen LogP contribution < -0.4 is 9.47 Å². The first-order valence-corrected chi connectivity index (χ1v) is 3.43. The molecule has 1 rings (SSSR count). The van der Waals surface area contributed by atoms with Gasteiger partial charge in [0, 0.05) is 0 Å². The average Bonchev–Trinajstić information content (AvgIpc) is 2.06. The van der Waals surface area contributed by atoms with Crippen LogP contribution in [0.2, 0.25) is 0 Å². The van der Waals surface area contributed by atoms with E-state index in [1.807, 2.05) is 24.3 Å². The average molecular weight is 151 g/mol. The maximum absolute atomic E-state index is 5.19. The van der Waals surface area contributed by atoms with Crippen LogP contribution in [0.1, 0.15) is 0 Å². The summed E-state index contributed by atoms with van der Waals surface area (Å²) in [6.07, 6.45) is 0. The fourth-order valence-corrected chi connectivity index (χ4v) is 0.848. The zero-order chi connectivity index (χ0) is 8.10. The number of para-hydroxylation sites is 2. The Balaban J connectivity index is 2.83. The lowest BCUT2D eigenvalue weighted by Gasteiger charge is -2.07. The smallest absolute Gasteiger partial charge is 0.161 e. The van der Waals surface area contributed by atoms with Gasteiger partial charge in [-0.2, -0.15) is 0 Å². The van der Waals surface area contributed by atoms with Crippen molar-refractivity contribution < 1.29 is 9.47 Å². The minimum absolute atomic E-state index is 0.417. The summed E-state index contributed by atoms with van der Waals surface area (Å²) in [5.41, 5.74) is 0. The molecule has 0 unspecified atom stereocenters. The van der Waals surface area contributed by atoms with Gasteiger partial charge < -0.3 is 9.47 Å². The van der Waals surface area contributed by atoms with Gasteiger partial charge in [-0.25, -0.2) is 0 Å². The van der Waals surface area contributed by atoms with E-state index in [2.05, 4.69) is 6.92 Å². The molecule has 1 aromatic rings. The fourth-order valence-electron chi connectivity index (χ4n) is 0.848. The molecule has 0 aliphatic carbocycles. The molecule has 0 N–H and O–H groups in total. The highest BCUT2D eigenvalue weighted by Gasteiger charge is 1.99. The van der Waals surface area contributed by atoms with Crippen molar-refractivity contribution in [3.63, 3.8) is 0 Å². The Hall–Kier alpha value is -1.18. The molecule has 0 fully saturated rings. The Labute approximate surface area is 66.8 Å². The Kier molecular flexibility index (Phi) is 2.78. The largest absolute Gasteiger partial charge is 0.493 e. The maximum Gasteiger partial charge on any atom is 0.161 e. The van der Waals surface area contributed by atoms with Gasteiger partial charge in [0.2, 0.25) is 0 Å². The van der Waals surface area contributed by atoms with Crippen LogP contribution >= 0.6 is 0 Å². The molecule has 1 radical (unpaired) electrons. The molecule has 1 aromatic carbocycles. The quantitative estimate of drug-likeness (QED) is 0.657. The number of hydrogen-bond acceptors (Lipinski definition) is 2. The van der Waals surface area contributed by atoms with Gasteiger partial charge in [0.05, 0.1) is 13.7 Å². The van der Waals surface area contributed by atoms with Crippen molar-refractivity contribution in [3.8, 4) is 11.5 Å². The van der Waals surface area contributed by atoms with Crippen LogP contribution in [-0.2, 0) is 0 Å². The highest BCUT2D eigenvalue weighted by molar-refractivity contribution is 5.39. The maximum atomic E-state index is 5.19. The van der Waals surface area contributed by atoms with Gasteiger partial charge in [0.1, 0.15) is 0 Å².